The first-order chi connectivity index (χ1) is 12.4. The van der Waals surface area contributed by atoms with Gasteiger partial charge in [-0.3, -0.25) is 4.79 Å². The first kappa shape index (κ1) is 18.0. The van der Waals surface area contributed by atoms with E-state index in [2.05, 4.69) is 16.4 Å². The van der Waals surface area contributed by atoms with Crippen LogP contribution in [0, 0.1) is 23.1 Å². The third-order valence-electron chi connectivity index (χ3n) is 4.16. The van der Waals surface area contributed by atoms with Crippen LogP contribution in [0.15, 0.2) is 29.6 Å². The molecule has 1 atom stereocenters. The lowest BCUT2D eigenvalue weighted by Crippen LogP contribution is -2.48. The van der Waals surface area contributed by atoms with E-state index in [9.17, 15) is 19.2 Å². The van der Waals surface area contributed by atoms with Crippen molar-refractivity contribution in [2.24, 2.45) is 5.92 Å². The number of hydrogen-bond acceptors (Lipinski definition) is 6. The maximum Gasteiger partial charge on any atom is 0.358 e. The number of ether oxygens (including phenoxy) is 1. The molecule has 0 radical (unpaired) electrons. The van der Waals surface area contributed by atoms with Gasteiger partial charge in [-0.05, 0) is 49.9 Å². The molecule has 3 rings (SSSR count). The third-order valence-corrected chi connectivity index (χ3v) is 5.06. The molecule has 1 amide bonds. The van der Waals surface area contributed by atoms with Crippen LogP contribution in [0.4, 0.5) is 4.39 Å². The molecule has 0 unspecified atom stereocenters. The van der Waals surface area contributed by atoms with Crippen LogP contribution in [-0.2, 0) is 9.53 Å². The van der Waals surface area contributed by atoms with Gasteiger partial charge in [-0.15, -0.1) is 11.3 Å². The number of carbonyl (C=O) groups excluding carboxylic acids is 2. The lowest BCUT2D eigenvalue weighted by atomic mass is 9.98. The molecule has 134 valence electrons. The normalized spacial score (nSPS) is 15.6. The highest BCUT2D eigenvalue weighted by Crippen LogP contribution is 2.39. The zero-order valence-corrected chi connectivity index (χ0v) is 14.8. The standard InChI is InChI=1S/C18H16FN3O3S/c1-18(10-20,12-4-5-12)22-15(23)8-25-17(24)14-9-26-16(21-14)11-2-6-13(19)7-3-11/h2-3,6-7,9,12H,4-5,8H2,1H3,(H,22,23)/t18-/m1/s1. The average Bonchev–Trinajstić information content (AvgIpc) is 3.38. The minimum atomic E-state index is -0.931. The molecule has 0 aliphatic heterocycles. The molecule has 0 saturated heterocycles. The van der Waals surface area contributed by atoms with E-state index in [-0.39, 0.29) is 17.4 Å². The summed E-state index contributed by atoms with van der Waals surface area (Å²) < 4.78 is 17.9. The number of esters is 1. The van der Waals surface area contributed by atoms with Crippen molar-refractivity contribution in [1.82, 2.24) is 10.3 Å². The largest absolute Gasteiger partial charge is 0.451 e. The molecule has 1 fully saturated rings. The molecular formula is C18H16FN3O3S. The number of nitrogens with one attached hydrogen (secondary N) is 1. The molecule has 1 aromatic heterocycles. The van der Waals surface area contributed by atoms with Gasteiger partial charge in [-0.1, -0.05) is 0 Å². The van der Waals surface area contributed by atoms with E-state index in [4.69, 9.17) is 4.74 Å². The number of nitriles is 1. The van der Waals surface area contributed by atoms with Crippen molar-refractivity contribution in [1.29, 1.82) is 5.26 Å². The Kier molecular flexibility index (Phi) is 5.00. The van der Waals surface area contributed by atoms with Crippen LogP contribution < -0.4 is 5.32 Å². The molecular weight excluding hydrogens is 357 g/mol. The Morgan fingerprint density at radius 2 is 2.12 bits per heavy atom. The van der Waals surface area contributed by atoms with E-state index in [0.29, 0.717) is 10.6 Å². The minimum Gasteiger partial charge on any atom is -0.451 e. The predicted molar refractivity (Wildman–Crippen MR) is 92.7 cm³/mol. The molecule has 0 spiro atoms. The summed E-state index contributed by atoms with van der Waals surface area (Å²) in [5, 5.41) is 13.9. The Hall–Kier alpha value is -2.79. The maximum atomic E-state index is 13.0. The summed E-state index contributed by atoms with van der Waals surface area (Å²) in [5.74, 6) is -1.46. The summed E-state index contributed by atoms with van der Waals surface area (Å²) in [5.41, 5.74) is -0.172. The second-order valence-corrected chi connectivity index (χ2v) is 7.12. The quantitative estimate of drug-likeness (QED) is 0.786. The van der Waals surface area contributed by atoms with E-state index in [0.717, 1.165) is 12.8 Å². The van der Waals surface area contributed by atoms with Gasteiger partial charge in [0.05, 0.1) is 6.07 Å². The summed E-state index contributed by atoms with van der Waals surface area (Å²) in [6.45, 7) is 1.19. The summed E-state index contributed by atoms with van der Waals surface area (Å²) in [4.78, 5) is 28.2. The van der Waals surface area contributed by atoms with Crippen LogP contribution in [-0.4, -0.2) is 29.0 Å². The molecule has 26 heavy (non-hydrogen) atoms. The highest BCUT2D eigenvalue weighted by Gasteiger charge is 2.43. The van der Waals surface area contributed by atoms with Gasteiger partial charge in [-0.25, -0.2) is 14.2 Å². The summed E-state index contributed by atoms with van der Waals surface area (Å²) in [6, 6.07) is 7.86. The number of aromatic nitrogens is 1. The predicted octanol–water partition coefficient (Wildman–Crippen LogP) is 2.91. The smallest absolute Gasteiger partial charge is 0.358 e. The monoisotopic (exact) mass is 373 g/mol. The Bertz CT molecular complexity index is 871. The molecule has 0 bridgehead atoms. The van der Waals surface area contributed by atoms with Crippen LogP contribution >= 0.6 is 11.3 Å². The molecule has 8 heteroatoms. The van der Waals surface area contributed by atoms with Gasteiger partial charge in [0.2, 0.25) is 0 Å². The Labute approximate surface area is 153 Å². The van der Waals surface area contributed by atoms with Crippen molar-refractivity contribution in [3.63, 3.8) is 0 Å². The lowest BCUT2D eigenvalue weighted by molar-refractivity contribution is -0.125. The van der Waals surface area contributed by atoms with Crippen LogP contribution in [0.1, 0.15) is 30.3 Å². The second kappa shape index (κ2) is 7.22. The lowest BCUT2D eigenvalue weighted by Gasteiger charge is -2.22. The number of nitrogens with zero attached hydrogens (tertiary/aromatic N) is 2. The number of amides is 1. The Morgan fingerprint density at radius 1 is 1.42 bits per heavy atom. The van der Waals surface area contributed by atoms with Crippen molar-refractivity contribution in [3.05, 3.63) is 41.2 Å². The molecule has 2 aromatic rings. The van der Waals surface area contributed by atoms with Crippen molar-refractivity contribution >= 4 is 23.2 Å². The Morgan fingerprint density at radius 3 is 2.73 bits per heavy atom. The summed E-state index contributed by atoms with van der Waals surface area (Å²) in [6.07, 6.45) is 1.80. The van der Waals surface area contributed by atoms with Gasteiger partial charge < -0.3 is 10.1 Å². The van der Waals surface area contributed by atoms with Crippen LogP contribution in [0.2, 0.25) is 0 Å². The maximum absolute atomic E-state index is 13.0. The Balaban J connectivity index is 1.56. The zero-order chi connectivity index (χ0) is 18.7. The molecule has 1 heterocycles. The molecule has 1 saturated carbocycles. The number of carbonyl (C=O) groups is 2. The molecule has 1 N–H and O–H groups in total. The second-order valence-electron chi connectivity index (χ2n) is 6.26. The van der Waals surface area contributed by atoms with Crippen LogP contribution in [0.25, 0.3) is 10.6 Å². The third kappa shape index (κ3) is 4.06. The highest BCUT2D eigenvalue weighted by atomic mass is 32.1. The summed E-state index contributed by atoms with van der Waals surface area (Å²) >= 11 is 1.22. The molecule has 1 aliphatic carbocycles. The van der Waals surface area contributed by atoms with E-state index in [1.54, 1.807) is 19.1 Å². The number of benzene rings is 1. The molecule has 1 aliphatic rings. The van der Waals surface area contributed by atoms with Gasteiger partial charge in [0.1, 0.15) is 16.4 Å². The van der Waals surface area contributed by atoms with Gasteiger partial charge in [0, 0.05) is 10.9 Å². The fraction of sp³-hybridized carbons (Fsp3) is 0.333. The first-order valence-electron chi connectivity index (χ1n) is 8.02. The van der Waals surface area contributed by atoms with Crippen molar-refractivity contribution in [2.75, 3.05) is 6.61 Å². The SMILES string of the molecule is C[C@](C#N)(NC(=O)COC(=O)c1csc(-c2ccc(F)cc2)n1)C1CC1. The van der Waals surface area contributed by atoms with E-state index >= 15 is 0 Å². The average molecular weight is 373 g/mol. The van der Waals surface area contributed by atoms with Gasteiger partial charge in [-0.2, -0.15) is 5.26 Å². The van der Waals surface area contributed by atoms with E-state index < -0.39 is 24.0 Å². The number of thiazole rings is 1. The summed E-state index contributed by atoms with van der Waals surface area (Å²) in [7, 11) is 0. The number of rotatable bonds is 6. The first-order valence-corrected chi connectivity index (χ1v) is 8.90. The fourth-order valence-electron chi connectivity index (χ4n) is 2.51. The highest BCUT2D eigenvalue weighted by molar-refractivity contribution is 7.13. The topological polar surface area (TPSA) is 92.1 Å². The van der Waals surface area contributed by atoms with Crippen molar-refractivity contribution < 1.29 is 18.7 Å². The van der Waals surface area contributed by atoms with Crippen molar-refractivity contribution in [3.8, 4) is 16.6 Å². The minimum absolute atomic E-state index is 0.0763. The van der Waals surface area contributed by atoms with E-state index in [1.165, 1.54) is 28.8 Å². The van der Waals surface area contributed by atoms with Gasteiger partial charge >= 0.3 is 5.97 Å². The number of hydrogen-bond donors (Lipinski definition) is 1. The number of halogens is 1. The molecule has 6 nitrogen and oxygen atoms in total. The van der Waals surface area contributed by atoms with Crippen LogP contribution in [0.5, 0.6) is 0 Å². The zero-order valence-electron chi connectivity index (χ0n) is 14.0. The molecule has 1 aromatic carbocycles. The van der Waals surface area contributed by atoms with Crippen LogP contribution in [0.3, 0.4) is 0 Å². The van der Waals surface area contributed by atoms with Crippen molar-refractivity contribution in [2.45, 2.75) is 25.3 Å². The van der Waals surface area contributed by atoms with Gasteiger partial charge in [0.25, 0.3) is 5.91 Å². The fourth-order valence-corrected chi connectivity index (χ4v) is 3.30. The van der Waals surface area contributed by atoms with Gasteiger partial charge in [0.15, 0.2) is 12.3 Å². The van der Waals surface area contributed by atoms with E-state index in [1.807, 2.05) is 0 Å².